The summed E-state index contributed by atoms with van der Waals surface area (Å²) < 4.78 is 26.8. The Morgan fingerprint density at radius 3 is 2.53 bits per heavy atom. The number of carbonyl (C=O) groups excluding carboxylic acids is 1. The van der Waals surface area contributed by atoms with Gasteiger partial charge in [-0.2, -0.15) is 0 Å². The minimum atomic E-state index is -0.693. The van der Waals surface area contributed by atoms with Crippen LogP contribution >= 0.6 is 11.6 Å². The van der Waals surface area contributed by atoms with Crippen LogP contribution in [-0.4, -0.2) is 17.3 Å². The lowest BCUT2D eigenvalue weighted by molar-refractivity contribution is -0.121. The molecule has 2 nitrogen and oxygen atoms in total. The molecule has 0 saturated heterocycles. The van der Waals surface area contributed by atoms with Gasteiger partial charge in [-0.1, -0.05) is 18.9 Å². The second-order valence-corrected chi connectivity index (χ2v) is 5.41. The van der Waals surface area contributed by atoms with Crippen LogP contribution in [0.1, 0.15) is 31.2 Å². The second kappa shape index (κ2) is 6.33. The normalized spacial score (nSPS) is 23.1. The molecule has 1 N–H and O–H groups in total. The van der Waals surface area contributed by atoms with E-state index in [0.717, 1.165) is 37.8 Å². The SMILES string of the molecule is O=C(Cc1c(F)cccc1F)NC1CCCCC1Cl. The van der Waals surface area contributed by atoms with Crippen molar-refractivity contribution in [3.05, 3.63) is 35.4 Å². The topological polar surface area (TPSA) is 29.1 Å². The summed E-state index contributed by atoms with van der Waals surface area (Å²) in [6, 6.07) is 3.48. The predicted molar refractivity (Wildman–Crippen MR) is 70.1 cm³/mol. The summed E-state index contributed by atoms with van der Waals surface area (Å²) in [5.41, 5.74) is -0.193. The monoisotopic (exact) mass is 287 g/mol. The molecule has 1 saturated carbocycles. The summed E-state index contributed by atoms with van der Waals surface area (Å²) in [7, 11) is 0. The summed E-state index contributed by atoms with van der Waals surface area (Å²) >= 11 is 6.13. The Kier molecular flexibility index (Phi) is 4.75. The molecule has 1 amide bonds. The zero-order valence-corrected chi connectivity index (χ0v) is 11.2. The molecule has 2 rings (SSSR count). The maximum atomic E-state index is 13.4. The van der Waals surface area contributed by atoms with Crippen molar-refractivity contribution < 1.29 is 13.6 Å². The van der Waals surface area contributed by atoms with Crippen molar-refractivity contribution in [2.75, 3.05) is 0 Å². The van der Waals surface area contributed by atoms with E-state index in [4.69, 9.17) is 11.6 Å². The maximum Gasteiger partial charge on any atom is 0.224 e. The largest absolute Gasteiger partial charge is 0.352 e. The summed E-state index contributed by atoms with van der Waals surface area (Å²) in [5, 5.41) is 2.67. The van der Waals surface area contributed by atoms with Gasteiger partial charge in [-0.3, -0.25) is 4.79 Å². The molecule has 1 aliphatic rings. The number of amides is 1. The highest BCUT2D eigenvalue weighted by Gasteiger charge is 2.25. The van der Waals surface area contributed by atoms with Gasteiger partial charge >= 0.3 is 0 Å². The first-order chi connectivity index (χ1) is 9.08. The van der Waals surface area contributed by atoms with Gasteiger partial charge in [-0.15, -0.1) is 11.6 Å². The molecule has 104 valence electrons. The first kappa shape index (κ1) is 14.3. The average Bonchev–Trinajstić information content (AvgIpc) is 2.37. The number of alkyl halides is 1. The summed E-state index contributed by atoms with van der Waals surface area (Å²) in [6.45, 7) is 0. The Hall–Kier alpha value is -1.16. The van der Waals surface area contributed by atoms with Crippen LogP contribution in [-0.2, 0) is 11.2 Å². The fourth-order valence-electron chi connectivity index (χ4n) is 2.37. The van der Waals surface area contributed by atoms with E-state index in [0.29, 0.717) is 0 Å². The van der Waals surface area contributed by atoms with Crippen LogP contribution in [0.5, 0.6) is 0 Å². The van der Waals surface area contributed by atoms with Crippen molar-refractivity contribution in [1.29, 1.82) is 0 Å². The Morgan fingerprint density at radius 1 is 1.26 bits per heavy atom. The zero-order chi connectivity index (χ0) is 13.8. The first-order valence-electron chi connectivity index (χ1n) is 6.44. The molecule has 0 bridgehead atoms. The summed E-state index contributed by atoms with van der Waals surface area (Å²) in [5.74, 6) is -1.77. The van der Waals surface area contributed by atoms with Crippen molar-refractivity contribution in [2.24, 2.45) is 0 Å². The standard InChI is InChI=1S/C14H16ClF2NO/c15-10-4-1-2-7-13(10)18-14(19)8-9-11(16)5-3-6-12(9)17/h3,5-6,10,13H,1-2,4,7-8H2,(H,18,19). The Morgan fingerprint density at radius 2 is 1.89 bits per heavy atom. The lowest BCUT2D eigenvalue weighted by Gasteiger charge is -2.27. The van der Waals surface area contributed by atoms with Crippen molar-refractivity contribution >= 4 is 17.5 Å². The van der Waals surface area contributed by atoms with Gasteiger partial charge < -0.3 is 5.32 Å². The van der Waals surface area contributed by atoms with Crippen LogP contribution in [0, 0.1) is 11.6 Å². The maximum absolute atomic E-state index is 13.4. The third-order valence-corrected chi connectivity index (χ3v) is 3.95. The number of rotatable bonds is 3. The molecule has 0 heterocycles. The molecular weight excluding hydrogens is 272 g/mol. The molecule has 0 radical (unpaired) electrons. The van der Waals surface area contributed by atoms with Crippen LogP contribution < -0.4 is 5.32 Å². The molecule has 1 fully saturated rings. The molecule has 0 aromatic heterocycles. The molecule has 0 aliphatic heterocycles. The minimum Gasteiger partial charge on any atom is -0.352 e. The van der Waals surface area contributed by atoms with Gasteiger partial charge in [0.2, 0.25) is 5.91 Å². The molecular formula is C14H16ClF2NO. The van der Waals surface area contributed by atoms with Gasteiger partial charge in [0, 0.05) is 11.6 Å². The Balaban J connectivity index is 1.97. The van der Waals surface area contributed by atoms with E-state index in [-0.39, 0.29) is 29.3 Å². The van der Waals surface area contributed by atoms with Crippen molar-refractivity contribution in [2.45, 2.75) is 43.5 Å². The van der Waals surface area contributed by atoms with Crippen LogP contribution in [0.4, 0.5) is 8.78 Å². The lowest BCUT2D eigenvalue weighted by Crippen LogP contribution is -2.43. The fraction of sp³-hybridized carbons (Fsp3) is 0.500. The molecule has 2 atom stereocenters. The number of carbonyl (C=O) groups is 1. The minimum absolute atomic E-state index is 0.0943. The Bertz CT molecular complexity index is 447. The van der Waals surface area contributed by atoms with Gasteiger partial charge in [-0.25, -0.2) is 8.78 Å². The number of halogens is 3. The van der Waals surface area contributed by atoms with Crippen molar-refractivity contribution in [1.82, 2.24) is 5.32 Å². The zero-order valence-electron chi connectivity index (χ0n) is 10.5. The van der Waals surface area contributed by atoms with E-state index in [1.165, 1.54) is 6.07 Å². The molecule has 19 heavy (non-hydrogen) atoms. The van der Waals surface area contributed by atoms with Crippen molar-refractivity contribution in [3.8, 4) is 0 Å². The van der Waals surface area contributed by atoms with Gasteiger partial charge in [0.15, 0.2) is 0 Å². The molecule has 2 unspecified atom stereocenters. The highest BCUT2D eigenvalue weighted by Crippen LogP contribution is 2.23. The molecule has 1 aliphatic carbocycles. The summed E-state index contributed by atoms with van der Waals surface area (Å²) in [6.07, 6.45) is 3.46. The van der Waals surface area contributed by atoms with E-state index in [1.807, 2.05) is 0 Å². The van der Waals surface area contributed by atoms with E-state index < -0.39 is 11.6 Å². The average molecular weight is 288 g/mol. The number of benzene rings is 1. The predicted octanol–water partition coefficient (Wildman–Crippen LogP) is 3.17. The summed E-state index contributed by atoms with van der Waals surface area (Å²) in [4.78, 5) is 11.8. The van der Waals surface area contributed by atoms with E-state index >= 15 is 0 Å². The molecule has 5 heteroatoms. The van der Waals surface area contributed by atoms with Crippen LogP contribution in [0.3, 0.4) is 0 Å². The van der Waals surface area contributed by atoms with Gasteiger partial charge in [0.1, 0.15) is 11.6 Å². The van der Waals surface area contributed by atoms with Crippen LogP contribution in [0.2, 0.25) is 0 Å². The van der Waals surface area contributed by atoms with E-state index in [9.17, 15) is 13.6 Å². The van der Waals surface area contributed by atoms with Crippen LogP contribution in [0.15, 0.2) is 18.2 Å². The number of hydrogen-bond acceptors (Lipinski definition) is 1. The third kappa shape index (κ3) is 3.66. The lowest BCUT2D eigenvalue weighted by atomic mass is 9.94. The molecule has 1 aromatic carbocycles. The smallest absolute Gasteiger partial charge is 0.224 e. The van der Waals surface area contributed by atoms with Crippen molar-refractivity contribution in [3.63, 3.8) is 0 Å². The highest BCUT2D eigenvalue weighted by atomic mass is 35.5. The van der Waals surface area contributed by atoms with Crippen LogP contribution in [0.25, 0.3) is 0 Å². The van der Waals surface area contributed by atoms with E-state index in [2.05, 4.69) is 5.32 Å². The number of nitrogens with one attached hydrogen (secondary N) is 1. The fourth-order valence-corrected chi connectivity index (χ4v) is 2.71. The number of hydrogen-bond donors (Lipinski definition) is 1. The van der Waals surface area contributed by atoms with E-state index in [1.54, 1.807) is 0 Å². The molecule has 0 spiro atoms. The molecule has 1 aromatic rings. The highest BCUT2D eigenvalue weighted by molar-refractivity contribution is 6.21. The second-order valence-electron chi connectivity index (χ2n) is 4.85. The third-order valence-electron chi connectivity index (χ3n) is 3.43. The first-order valence-corrected chi connectivity index (χ1v) is 6.88. The van der Waals surface area contributed by atoms with Gasteiger partial charge in [0.05, 0.1) is 11.8 Å². The quantitative estimate of drug-likeness (QED) is 0.850. The van der Waals surface area contributed by atoms with Gasteiger partial charge in [-0.05, 0) is 25.0 Å². The Labute approximate surface area is 116 Å². The van der Waals surface area contributed by atoms with Gasteiger partial charge in [0.25, 0.3) is 0 Å².